The number of anilines is 1. The number of hydrogen-bond donors (Lipinski definition) is 1. The number of amides is 1. The first kappa shape index (κ1) is 22.1. The van der Waals surface area contributed by atoms with E-state index in [1.54, 1.807) is 12.1 Å². The van der Waals surface area contributed by atoms with E-state index in [2.05, 4.69) is 5.32 Å². The largest absolute Gasteiger partial charge is 0.321 e. The van der Waals surface area contributed by atoms with Crippen LogP contribution in [0.25, 0.3) is 0 Å². The van der Waals surface area contributed by atoms with Crippen LogP contribution in [0.15, 0.2) is 65.6 Å². The molecule has 0 atom stereocenters. The predicted molar refractivity (Wildman–Crippen MR) is 124 cm³/mol. The van der Waals surface area contributed by atoms with Crippen molar-refractivity contribution >= 4 is 56.4 Å². The maximum absolute atomic E-state index is 13.2. The van der Waals surface area contributed by atoms with E-state index in [9.17, 15) is 13.2 Å². The van der Waals surface area contributed by atoms with Crippen LogP contribution in [0.4, 0.5) is 5.69 Å². The molecule has 0 aromatic heterocycles. The lowest BCUT2D eigenvalue weighted by Gasteiger charge is -2.28. The van der Waals surface area contributed by atoms with Crippen molar-refractivity contribution in [1.29, 1.82) is 0 Å². The molecule has 0 saturated heterocycles. The van der Waals surface area contributed by atoms with Crippen LogP contribution in [0, 0.1) is 0 Å². The van der Waals surface area contributed by atoms with Gasteiger partial charge in [0.2, 0.25) is 10.0 Å². The molecule has 9 heteroatoms. The van der Waals surface area contributed by atoms with Gasteiger partial charge in [-0.2, -0.15) is 4.31 Å². The molecule has 0 saturated carbocycles. The Bertz CT molecular complexity index is 1280. The Morgan fingerprint density at radius 2 is 1.65 bits per heavy atom. The molecule has 0 bridgehead atoms. The molecule has 4 rings (SSSR count). The van der Waals surface area contributed by atoms with E-state index in [4.69, 9.17) is 34.8 Å². The molecule has 1 heterocycles. The summed E-state index contributed by atoms with van der Waals surface area (Å²) in [4.78, 5) is 12.8. The molecule has 3 aromatic carbocycles. The maximum atomic E-state index is 13.2. The zero-order valence-corrected chi connectivity index (χ0v) is 19.2. The molecule has 1 amide bonds. The first-order valence-electron chi connectivity index (χ1n) is 9.38. The molecule has 0 unspecified atom stereocenters. The number of carbonyl (C=O) groups excluding carboxylic acids is 1. The molecule has 0 fully saturated rings. The molecule has 31 heavy (non-hydrogen) atoms. The molecule has 0 spiro atoms. The molecular formula is C22H17Cl3N2O3S. The SMILES string of the molecule is O=C(Nc1ccc(Cl)cc1Cl)c1cc(S(=O)(=O)N2CCc3ccccc3C2)ccc1Cl. The Balaban J connectivity index is 1.62. The number of sulfonamides is 1. The van der Waals surface area contributed by atoms with Crippen LogP contribution >= 0.6 is 34.8 Å². The number of halogens is 3. The number of carbonyl (C=O) groups is 1. The fourth-order valence-electron chi connectivity index (χ4n) is 3.44. The topological polar surface area (TPSA) is 66.5 Å². The van der Waals surface area contributed by atoms with Gasteiger partial charge in [-0.05, 0) is 53.9 Å². The molecule has 0 radical (unpaired) electrons. The number of rotatable bonds is 4. The van der Waals surface area contributed by atoms with Crippen LogP contribution < -0.4 is 5.32 Å². The highest BCUT2D eigenvalue weighted by atomic mass is 35.5. The standard InChI is InChI=1S/C22H17Cl3N2O3S/c23-16-5-8-21(20(25)11-16)26-22(28)18-12-17(6-7-19(18)24)31(29,30)27-10-9-14-3-1-2-4-15(14)13-27/h1-8,11-12H,9-10,13H2,(H,26,28). The number of nitrogens with zero attached hydrogens (tertiary/aromatic N) is 1. The second kappa shape index (κ2) is 8.81. The van der Waals surface area contributed by atoms with Crippen molar-refractivity contribution in [2.45, 2.75) is 17.9 Å². The third-order valence-electron chi connectivity index (χ3n) is 5.10. The molecule has 1 aliphatic heterocycles. The summed E-state index contributed by atoms with van der Waals surface area (Å²) in [6, 6.07) is 16.5. The molecule has 0 aliphatic carbocycles. The molecule has 5 nitrogen and oxygen atoms in total. The van der Waals surface area contributed by atoms with E-state index in [0.717, 1.165) is 11.1 Å². The molecule has 3 aromatic rings. The zero-order valence-electron chi connectivity index (χ0n) is 16.1. The fraction of sp³-hybridized carbons (Fsp3) is 0.136. The summed E-state index contributed by atoms with van der Waals surface area (Å²) >= 11 is 18.2. The molecule has 1 N–H and O–H groups in total. The Labute approximate surface area is 195 Å². The minimum atomic E-state index is -3.81. The van der Waals surface area contributed by atoms with Gasteiger partial charge in [0.1, 0.15) is 0 Å². The summed E-state index contributed by atoms with van der Waals surface area (Å²) in [6.07, 6.45) is 0.630. The third kappa shape index (κ3) is 4.59. The fourth-order valence-corrected chi connectivity index (χ4v) is 5.55. The van der Waals surface area contributed by atoms with Gasteiger partial charge in [0.05, 0.1) is 26.2 Å². The first-order chi connectivity index (χ1) is 14.8. The monoisotopic (exact) mass is 494 g/mol. The summed E-state index contributed by atoms with van der Waals surface area (Å²) in [5.74, 6) is -0.574. The third-order valence-corrected chi connectivity index (χ3v) is 7.81. The van der Waals surface area contributed by atoms with Gasteiger partial charge in [0.15, 0.2) is 0 Å². The number of hydrogen-bond acceptors (Lipinski definition) is 3. The van der Waals surface area contributed by atoms with Crippen LogP contribution in [-0.2, 0) is 23.0 Å². The van der Waals surface area contributed by atoms with Gasteiger partial charge in [-0.3, -0.25) is 4.79 Å². The van der Waals surface area contributed by atoms with Crippen molar-refractivity contribution in [1.82, 2.24) is 4.31 Å². The highest BCUT2D eigenvalue weighted by molar-refractivity contribution is 7.89. The van der Waals surface area contributed by atoms with E-state index >= 15 is 0 Å². The van der Waals surface area contributed by atoms with Crippen LogP contribution in [0.2, 0.25) is 15.1 Å². The Kier molecular flexibility index (Phi) is 6.28. The zero-order chi connectivity index (χ0) is 22.2. The van der Waals surface area contributed by atoms with E-state index in [-0.39, 0.29) is 27.0 Å². The Hall–Kier alpha value is -2.09. The van der Waals surface area contributed by atoms with Crippen LogP contribution in [0.1, 0.15) is 21.5 Å². The summed E-state index contributed by atoms with van der Waals surface area (Å²) in [7, 11) is -3.81. The highest BCUT2D eigenvalue weighted by Crippen LogP contribution is 2.29. The number of fused-ring (bicyclic) bond motifs is 1. The lowest BCUT2D eigenvalue weighted by atomic mass is 10.0. The van der Waals surface area contributed by atoms with Gasteiger partial charge in [-0.15, -0.1) is 0 Å². The summed E-state index contributed by atoms with van der Waals surface area (Å²) in [5.41, 5.74) is 2.49. The molecular weight excluding hydrogens is 479 g/mol. The van der Waals surface area contributed by atoms with Crippen LogP contribution in [0.3, 0.4) is 0 Å². The second-order valence-electron chi connectivity index (χ2n) is 7.08. The predicted octanol–water partition coefficient (Wildman–Crippen LogP) is 5.65. The van der Waals surface area contributed by atoms with Gasteiger partial charge in [-0.25, -0.2) is 8.42 Å². The van der Waals surface area contributed by atoms with E-state index in [1.807, 2.05) is 24.3 Å². The smallest absolute Gasteiger partial charge is 0.257 e. The number of nitrogens with one attached hydrogen (secondary N) is 1. The molecule has 160 valence electrons. The summed E-state index contributed by atoms with van der Waals surface area (Å²) in [5, 5.41) is 3.46. The van der Waals surface area contributed by atoms with Gasteiger partial charge < -0.3 is 5.32 Å². The lowest BCUT2D eigenvalue weighted by molar-refractivity contribution is 0.102. The van der Waals surface area contributed by atoms with Gasteiger partial charge in [0, 0.05) is 18.1 Å². The minimum absolute atomic E-state index is 0.00336. The average Bonchev–Trinajstić information content (AvgIpc) is 2.75. The molecule has 1 aliphatic rings. The van der Waals surface area contributed by atoms with Crippen LogP contribution in [0.5, 0.6) is 0 Å². The van der Waals surface area contributed by atoms with Crippen molar-refractivity contribution in [3.05, 3.63) is 92.4 Å². The Morgan fingerprint density at radius 3 is 2.39 bits per heavy atom. The van der Waals surface area contributed by atoms with E-state index in [0.29, 0.717) is 23.7 Å². The first-order valence-corrected chi connectivity index (χ1v) is 12.0. The average molecular weight is 496 g/mol. The van der Waals surface area contributed by atoms with Crippen LogP contribution in [-0.4, -0.2) is 25.2 Å². The normalized spacial score (nSPS) is 14.2. The second-order valence-corrected chi connectivity index (χ2v) is 10.3. The van der Waals surface area contributed by atoms with Crippen molar-refractivity contribution < 1.29 is 13.2 Å². The van der Waals surface area contributed by atoms with E-state index < -0.39 is 15.9 Å². The lowest BCUT2D eigenvalue weighted by Crippen LogP contribution is -2.36. The maximum Gasteiger partial charge on any atom is 0.257 e. The Morgan fingerprint density at radius 1 is 0.903 bits per heavy atom. The van der Waals surface area contributed by atoms with Crippen molar-refractivity contribution in [2.24, 2.45) is 0 Å². The highest BCUT2D eigenvalue weighted by Gasteiger charge is 2.29. The van der Waals surface area contributed by atoms with Crippen molar-refractivity contribution in [3.8, 4) is 0 Å². The van der Waals surface area contributed by atoms with Crippen molar-refractivity contribution in [3.63, 3.8) is 0 Å². The minimum Gasteiger partial charge on any atom is -0.321 e. The quantitative estimate of drug-likeness (QED) is 0.509. The summed E-state index contributed by atoms with van der Waals surface area (Å²) in [6.45, 7) is 0.646. The van der Waals surface area contributed by atoms with Gasteiger partial charge in [0.25, 0.3) is 5.91 Å². The van der Waals surface area contributed by atoms with Gasteiger partial charge >= 0.3 is 0 Å². The van der Waals surface area contributed by atoms with Gasteiger partial charge in [-0.1, -0.05) is 59.1 Å². The summed E-state index contributed by atoms with van der Waals surface area (Å²) < 4.78 is 27.9. The van der Waals surface area contributed by atoms with E-state index in [1.165, 1.54) is 28.6 Å². The number of benzene rings is 3. The van der Waals surface area contributed by atoms with Crippen molar-refractivity contribution in [2.75, 3.05) is 11.9 Å².